The van der Waals surface area contributed by atoms with Gasteiger partial charge in [-0.1, -0.05) is 6.07 Å². The first-order valence-electron chi connectivity index (χ1n) is 7.67. The summed E-state index contributed by atoms with van der Waals surface area (Å²) in [5.74, 6) is -3.32. The largest absolute Gasteiger partial charge is 0.468 e. The lowest BCUT2D eigenvalue weighted by atomic mass is 9.94. The summed E-state index contributed by atoms with van der Waals surface area (Å²) >= 11 is 0. The topological polar surface area (TPSA) is 72.9 Å². The molecule has 7 heteroatoms. The van der Waals surface area contributed by atoms with Crippen molar-refractivity contribution < 1.29 is 28.2 Å². The summed E-state index contributed by atoms with van der Waals surface area (Å²) in [6.45, 7) is 4.94. The molecule has 6 nitrogen and oxygen atoms in total. The monoisotopic (exact) mass is 337 g/mol. The Labute approximate surface area is 139 Å². The minimum atomic E-state index is -1.15. The highest BCUT2D eigenvalue weighted by Gasteiger charge is 2.38. The Morgan fingerprint density at radius 2 is 2.00 bits per heavy atom. The van der Waals surface area contributed by atoms with Gasteiger partial charge in [-0.15, -0.1) is 0 Å². The summed E-state index contributed by atoms with van der Waals surface area (Å²) in [5.41, 5.74) is 0.0913. The highest BCUT2D eigenvalue weighted by atomic mass is 19.1. The standard InChI is InChI=1S/C17H20FNO5/c1-9(2)24-17(22)19-8-7-11(16(21)23-4)15(20)13-12(19)6-5-10(3)14(13)18/h5-6,9,11H,7-8H2,1-4H3. The molecule has 1 aromatic rings. The lowest BCUT2D eigenvalue weighted by molar-refractivity contribution is -0.143. The molecule has 1 unspecified atom stereocenters. The molecule has 130 valence electrons. The highest BCUT2D eigenvalue weighted by Crippen LogP contribution is 2.33. The van der Waals surface area contributed by atoms with Gasteiger partial charge < -0.3 is 9.47 Å². The van der Waals surface area contributed by atoms with Crippen LogP contribution >= 0.6 is 0 Å². The molecule has 1 amide bonds. The molecule has 24 heavy (non-hydrogen) atoms. The van der Waals surface area contributed by atoms with Crippen molar-refractivity contribution in [3.63, 3.8) is 0 Å². The van der Waals surface area contributed by atoms with Crippen molar-refractivity contribution in [2.24, 2.45) is 5.92 Å². The van der Waals surface area contributed by atoms with Crippen LogP contribution in [0.2, 0.25) is 0 Å². The normalized spacial score (nSPS) is 17.3. The molecule has 0 saturated carbocycles. The van der Waals surface area contributed by atoms with E-state index >= 15 is 0 Å². The molecule has 1 aliphatic rings. The summed E-state index contributed by atoms with van der Waals surface area (Å²) in [6, 6.07) is 2.97. The zero-order chi connectivity index (χ0) is 18.0. The number of carbonyl (C=O) groups excluding carboxylic acids is 3. The molecule has 2 rings (SSSR count). The van der Waals surface area contributed by atoms with Crippen molar-refractivity contribution in [2.45, 2.75) is 33.3 Å². The minimum Gasteiger partial charge on any atom is -0.468 e. The molecule has 0 spiro atoms. The summed E-state index contributed by atoms with van der Waals surface area (Å²) in [6.07, 6.45) is -1.02. The molecule has 0 aromatic heterocycles. The average molecular weight is 337 g/mol. The minimum absolute atomic E-state index is 0.0336. The van der Waals surface area contributed by atoms with E-state index < -0.39 is 29.6 Å². The van der Waals surface area contributed by atoms with E-state index in [0.29, 0.717) is 0 Å². The number of Topliss-reactive ketones (excluding diaryl/α,β-unsaturated/α-hetero) is 1. The molecule has 0 fully saturated rings. The van der Waals surface area contributed by atoms with E-state index in [1.54, 1.807) is 13.8 Å². The number of hydrogen-bond acceptors (Lipinski definition) is 5. The lowest BCUT2D eigenvalue weighted by Gasteiger charge is -2.23. The quantitative estimate of drug-likeness (QED) is 0.613. The van der Waals surface area contributed by atoms with Crippen LogP contribution in [0.15, 0.2) is 12.1 Å². The van der Waals surface area contributed by atoms with Gasteiger partial charge in [0.15, 0.2) is 5.78 Å². The van der Waals surface area contributed by atoms with Crippen molar-refractivity contribution in [3.8, 4) is 0 Å². The number of benzene rings is 1. The van der Waals surface area contributed by atoms with Gasteiger partial charge in [0.2, 0.25) is 0 Å². The number of esters is 1. The predicted molar refractivity (Wildman–Crippen MR) is 84.6 cm³/mol. The number of methoxy groups -OCH3 is 1. The summed E-state index contributed by atoms with van der Waals surface area (Å²) in [7, 11) is 1.17. The molecule has 0 aliphatic carbocycles. The average Bonchev–Trinajstić information content (AvgIpc) is 2.66. The Balaban J connectivity index is 2.56. The van der Waals surface area contributed by atoms with E-state index in [1.165, 1.54) is 31.1 Å². The number of amides is 1. The van der Waals surface area contributed by atoms with Crippen molar-refractivity contribution >= 4 is 23.5 Å². The number of ether oxygens (including phenoxy) is 2. The van der Waals surface area contributed by atoms with Gasteiger partial charge in [0.1, 0.15) is 11.7 Å². The molecule has 1 heterocycles. The molecule has 0 N–H and O–H groups in total. The Bertz CT molecular complexity index is 686. The van der Waals surface area contributed by atoms with E-state index in [9.17, 15) is 18.8 Å². The molecule has 1 aliphatic heterocycles. The second kappa shape index (κ2) is 6.98. The maximum Gasteiger partial charge on any atom is 0.414 e. The van der Waals surface area contributed by atoms with Crippen LogP contribution < -0.4 is 4.90 Å². The van der Waals surface area contributed by atoms with Gasteiger partial charge >= 0.3 is 12.1 Å². The van der Waals surface area contributed by atoms with Gasteiger partial charge in [0.05, 0.1) is 24.5 Å². The van der Waals surface area contributed by atoms with Gasteiger partial charge in [-0.05, 0) is 38.8 Å². The fourth-order valence-electron chi connectivity index (χ4n) is 2.64. The van der Waals surface area contributed by atoms with Crippen LogP contribution in [0.1, 0.15) is 36.2 Å². The predicted octanol–water partition coefficient (Wildman–Crippen LogP) is 2.86. The third-order valence-corrected chi connectivity index (χ3v) is 3.85. The summed E-state index contributed by atoms with van der Waals surface area (Å²) in [4.78, 5) is 38.1. The summed E-state index contributed by atoms with van der Waals surface area (Å²) in [5, 5.41) is 0. The number of ketones is 1. The first-order chi connectivity index (χ1) is 11.3. The van der Waals surface area contributed by atoms with E-state index in [0.717, 1.165) is 0 Å². The Morgan fingerprint density at radius 1 is 1.33 bits per heavy atom. The second-order valence-electron chi connectivity index (χ2n) is 5.90. The maximum atomic E-state index is 14.6. The lowest BCUT2D eigenvalue weighted by Crippen LogP contribution is -2.34. The number of anilines is 1. The third-order valence-electron chi connectivity index (χ3n) is 3.85. The molecule has 0 bridgehead atoms. The Hall–Kier alpha value is -2.44. The fraction of sp³-hybridized carbons (Fsp3) is 0.471. The Morgan fingerprint density at radius 3 is 2.58 bits per heavy atom. The van der Waals surface area contributed by atoms with Crippen molar-refractivity contribution in [1.29, 1.82) is 0 Å². The van der Waals surface area contributed by atoms with Crippen molar-refractivity contribution in [3.05, 3.63) is 29.1 Å². The second-order valence-corrected chi connectivity index (χ2v) is 5.90. The number of rotatable bonds is 2. The first kappa shape index (κ1) is 17.9. The molecular formula is C17H20FNO5. The molecule has 0 saturated heterocycles. The molecular weight excluding hydrogens is 317 g/mol. The van der Waals surface area contributed by atoms with Gasteiger partial charge in [0.25, 0.3) is 0 Å². The number of carbonyl (C=O) groups is 3. The van der Waals surface area contributed by atoms with E-state index in [4.69, 9.17) is 4.74 Å². The van der Waals surface area contributed by atoms with Gasteiger partial charge in [-0.2, -0.15) is 0 Å². The van der Waals surface area contributed by atoms with Crippen LogP contribution in [-0.4, -0.2) is 37.6 Å². The number of fused-ring (bicyclic) bond motifs is 1. The number of nitrogens with zero attached hydrogens (tertiary/aromatic N) is 1. The zero-order valence-electron chi connectivity index (χ0n) is 14.1. The van der Waals surface area contributed by atoms with Crippen molar-refractivity contribution in [2.75, 3.05) is 18.6 Å². The van der Waals surface area contributed by atoms with Gasteiger partial charge in [0, 0.05) is 6.54 Å². The zero-order valence-corrected chi connectivity index (χ0v) is 14.1. The SMILES string of the molecule is COC(=O)C1CCN(C(=O)OC(C)C)c2ccc(C)c(F)c2C1=O. The number of aryl methyl sites for hydroxylation is 1. The van der Waals surface area contributed by atoms with Crippen LogP contribution in [0.25, 0.3) is 0 Å². The fourth-order valence-corrected chi connectivity index (χ4v) is 2.64. The smallest absolute Gasteiger partial charge is 0.414 e. The van der Waals surface area contributed by atoms with Crippen LogP contribution in [0.5, 0.6) is 0 Å². The van der Waals surface area contributed by atoms with E-state index in [1.807, 2.05) is 0 Å². The maximum absolute atomic E-state index is 14.6. The molecule has 1 aromatic carbocycles. The third kappa shape index (κ3) is 3.25. The highest BCUT2D eigenvalue weighted by molar-refractivity contribution is 6.14. The van der Waals surface area contributed by atoms with Crippen molar-refractivity contribution in [1.82, 2.24) is 0 Å². The van der Waals surface area contributed by atoms with Crippen LogP contribution in [0.3, 0.4) is 0 Å². The Kier molecular flexibility index (Phi) is 5.21. The van der Waals surface area contributed by atoms with E-state index in [-0.39, 0.29) is 35.9 Å². The first-order valence-corrected chi connectivity index (χ1v) is 7.67. The van der Waals surface area contributed by atoms with E-state index in [2.05, 4.69) is 4.74 Å². The van der Waals surface area contributed by atoms with Crippen LogP contribution in [-0.2, 0) is 14.3 Å². The van der Waals surface area contributed by atoms with Gasteiger partial charge in [-0.25, -0.2) is 9.18 Å². The number of halogens is 1. The van der Waals surface area contributed by atoms with Gasteiger partial charge in [-0.3, -0.25) is 14.5 Å². The van der Waals surface area contributed by atoms with Crippen LogP contribution in [0, 0.1) is 18.7 Å². The molecule has 1 atom stereocenters. The number of hydrogen-bond donors (Lipinski definition) is 0. The summed E-state index contributed by atoms with van der Waals surface area (Å²) < 4.78 is 24.4. The van der Waals surface area contributed by atoms with Crippen LogP contribution in [0.4, 0.5) is 14.9 Å². The molecule has 0 radical (unpaired) electrons.